The van der Waals surface area contributed by atoms with E-state index >= 15 is 0 Å². The molecular weight excluding hydrogens is 473 g/mol. The number of rotatable bonds is 8. The number of hydrogen-bond donors (Lipinski definition) is 1. The first-order chi connectivity index (χ1) is 17.8. The third-order valence-electron chi connectivity index (χ3n) is 7.05. The van der Waals surface area contributed by atoms with Crippen molar-refractivity contribution >= 4 is 12.0 Å². The fourth-order valence-electron chi connectivity index (χ4n) is 4.84. The smallest absolute Gasteiger partial charge is 0.410 e. The molecule has 2 aliphatic rings. The minimum Gasteiger partial charge on any atom is -0.493 e. The maximum atomic E-state index is 13.4. The molecule has 2 saturated heterocycles. The van der Waals surface area contributed by atoms with Crippen LogP contribution in [0.4, 0.5) is 9.18 Å². The quantitative estimate of drug-likeness (QED) is 0.567. The summed E-state index contributed by atoms with van der Waals surface area (Å²) in [6.45, 7) is 6.34. The van der Waals surface area contributed by atoms with E-state index in [0.717, 1.165) is 35.3 Å². The van der Waals surface area contributed by atoms with E-state index in [1.165, 1.54) is 4.90 Å². The van der Waals surface area contributed by atoms with Gasteiger partial charge in [0.2, 0.25) is 5.91 Å². The number of nitrogens with zero attached hydrogens (tertiary/aromatic N) is 2. The van der Waals surface area contributed by atoms with Gasteiger partial charge in [-0.3, -0.25) is 4.79 Å². The summed E-state index contributed by atoms with van der Waals surface area (Å²) in [5, 5.41) is 0. The fraction of sp³-hybridized carbons (Fsp3) is 0.517. The van der Waals surface area contributed by atoms with Gasteiger partial charge in [-0.2, -0.15) is 0 Å². The van der Waals surface area contributed by atoms with Crippen molar-refractivity contribution in [3.05, 3.63) is 54.1 Å². The third kappa shape index (κ3) is 7.44. The summed E-state index contributed by atoms with van der Waals surface area (Å²) in [5.41, 5.74) is 9.22. The summed E-state index contributed by atoms with van der Waals surface area (Å²) < 4.78 is 24.7. The van der Waals surface area contributed by atoms with Crippen molar-refractivity contribution in [2.75, 3.05) is 32.8 Å². The van der Waals surface area contributed by atoms with Gasteiger partial charge in [-0.1, -0.05) is 36.4 Å². The topological polar surface area (TPSA) is 85.1 Å². The zero-order valence-corrected chi connectivity index (χ0v) is 21.8. The first kappa shape index (κ1) is 26.9. The van der Waals surface area contributed by atoms with Crippen molar-refractivity contribution < 1.29 is 23.5 Å². The normalized spacial score (nSPS) is 19.2. The van der Waals surface area contributed by atoms with Gasteiger partial charge in [-0.05, 0) is 74.3 Å². The number of carbonyl (C=O) groups excluding carboxylic acids is 2. The van der Waals surface area contributed by atoms with E-state index in [4.69, 9.17) is 15.2 Å². The molecule has 37 heavy (non-hydrogen) atoms. The van der Waals surface area contributed by atoms with Gasteiger partial charge >= 0.3 is 6.09 Å². The van der Waals surface area contributed by atoms with Crippen LogP contribution in [0.5, 0.6) is 5.75 Å². The number of carbonyl (C=O) groups is 2. The predicted octanol–water partition coefficient (Wildman–Crippen LogP) is 4.43. The molecule has 2 fully saturated rings. The molecule has 0 aromatic heterocycles. The van der Waals surface area contributed by atoms with Gasteiger partial charge < -0.3 is 25.0 Å². The Morgan fingerprint density at radius 3 is 2.11 bits per heavy atom. The van der Waals surface area contributed by atoms with Gasteiger partial charge in [0.05, 0.1) is 25.3 Å². The molecule has 4 rings (SSSR count). The van der Waals surface area contributed by atoms with Crippen LogP contribution in [0.2, 0.25) is 0 Å². The van der Waals surface area contributed by atoms with Crippen molar-refractivity contribution in [2.45, 2.75) is 57.8 Å². The summed E-state index contributed by atoms with van der Waals surface area (Å²) in [5.74, 6) is 1.06. The second-order valence-electron chi connectivity index (χ2n) is 10.4. The number of nitrogens with two attached hydrogens (primary N) is 1. The van der Waals surface area contributed by atoms with E-state index in [1.807, 2.05) is 62.4 Å². The van der Waals surface area contributed by atoms with Crippen LogP contribution in [-0.2, 0) is 16.0 Å². The number of amides is 2. The average molecular weight is 512 g/mol. The Morgan fingerprint density at radius 1 is 0.946 bits per heavy atom. The first-order valence-corrected chi connectivity index (χ1v) is 13.2. The highest BCUT2D eigenvalue weighted by Gasteiger charge is 2.29. The molecule has 0 saturated carbocycles. The van der Waals surface area contributed by atoms with E-state index in [9.17, 15) is 14.0 Å². The number of alkyl halides is 1. The molecule has 2 atom stereocenters. The van der Waals surface area contributed by atoms with Crippen LogP contribution in [-0.4, -0.2) is 72.9 Å². The zero-order valence-electron chi connectivity index (χ0n) is 21.8. The minimum atomic E-state index is -0.938. The maximum Gasteiger partial charge on any atom is 0.410 e. The van der Waals surface area contributed by atoms with E-state index in [0.29, 0.717) is 45.0 Å². The van der Waals surface area contributed by atoms with Crippen molar-refractivity contribution in [3.63, 3.8) is 0 Å². The molecule has 1 unspecified atom stereocenters. The molecule has 2 N–H and O–H groups in total. The first-order valence-electron chi connectivity index (χ1n) is 13.2. The van der Waals surface area contributed by atoms with Crippen LogP contribution < -0.4 is 10.5 Å². The predicted molar refractivity (Wildman–Crippen MR) is 141 cm³/mol. The largest absolute Gasteiger partial charge is 0.493 e. The van der Waals surface area contributed by atoms with E-state index in [-0.39, 0.29) is 24.6 Å². The number of benzene rings is 2. The van der Waals surface area contributed by atoms with Gasteiger partial charge in [0.15, 0.2) is 0 Å². The van der Waals surface area contributed by atoms with Crippen molar-refractivity contribution in [3.8, 4) is 16.9 Å². The molecule has 0 radical (unpaired) electrons. The summed E-state index contributed by atoms with van der Waals surface area (Å²) in [6.07, 6.45) is 1.36. The van der Waals surface area contributed by atoms with E-state index < -0.39 is 12.2 Å². The number of halogens is 1. The second-order valence-corrected chi connectivity index (χ2v) is 10.4. The summed E-state index contributed by atoms with van der Waals surface area (Å²) in [6, 6.07) is 15.4. The Labute approximate surface area is 218 Å². The minimum absolute atomic E-state index is 0.101. The number of likely N-dealkylation sites (tertiary alicyclic amines) is 2. The van der Waals surface area contributed by atoms with Gasteiger partial charge in [-0.25, -0.2) is 9.18 Å². The van der Waals surface area contributed by atoms with Crippen LogP contribution in [0.3, 0.4) is 0 Å². The molecule has 8 heteroatoms. The summed E-state index contributed by atoms with van der Waals surface area (Å²) in [4.78, 5) is 27.8. The highest BCUT2D eigenvalue weighted by atomic mass is 19.1. The molecule has 7 nitrogen and oxygen atoms in total. The SMILES string of the molecule is CC(C)OC(=O)N1CCC(COc2ccc(-c3ccc(CC(N)C(=O)N4CC[C@H](F)C4)cc3)cc2)CC1. The number of piperidine rings is 1. The lowest BCUT2D eigenvalue weighted by Gasteiger charge is -2.31. The van der Waals surface area contributed by atoms with Gasteiger partial charge in [-0.15, -0.1) is 0 Å². The molecule has 0 aliphatic carbocycles. The lowest BCUT2D eigenvalue weighted by Crippen LogP contribution is -2.44. The second kappa shape index (κ2) is 12.4. The standard InChI is InChI=1S/C29H38FN3O4/c1-20(2)37-29(35)32-14-11-22(12-15-32)19-36-26-9-7-24(8-10-26)23-5-3-21(4-6-23)17-27(31)28(34)33-16-13-25(30)18-33/h3-10,20,22,25,27H,11-19,31H2,1-2H3/t25-,27?/m0/s1. The maximum absolute atomic E-state index is 13.4. The van der Waals surface area contributed by atoms with Crippen LogP contribution in [0.1, 0.15) is 38.7 Å². The Bertz CT molecular complexity index is 1040. The zero-order chi connectivity index (χ0) is 26.4. The molecule has 2 amide bonds. The van der Waals surface area contributed by atoms with E-state index in [2.05, 4.69) is 0 Å². The molecule has 2 aromatic rings. The fourth-order valence-corrected chi connectivity index (χ4v) is 4.84. The summed E-state index contributed by atoms with van der Waals surface area (Å²) in [7, 11) is 0. The molecule has 0 spiro atoms. The Balaban J connectivity index is 1.22. The average Bonchev–Trinajstić information content (AvgIpc) is 3.34. The van der Waals surface area contributed by atoms with E-state index in [1.54, 1.807) is 4.90 Å². The highest BCUT2D eigenvalue weighted by Crippen LogP contribution is 2.25. The number of ether oxygens (including phenoxy) is 2. The van der Waals surface area contributed by atoms with Gasteiger partial charge in [0, 0.05) is 19.6 Å². The van der Waals surface area contributed by atoms with Crippen molar-refractivity contribution in [1.29, 1.82) is 0 Å². The van der Waals surface area contributed by atoms with Crippen LogP contribution in [0.25, 0.3) is 11.1 Å². The third-order valence-corrected chi connectivity index (χ3v) is 7.05. The van der Waals surface area contributed by atoms with Crippen LogP contribution in [0.15, 0.2) is 48.5 Å². The monoisotopic (exact) mass is 511 g/mol. The Morgan fingerprint density at radius 2 is 1.54 bits per heavy atom. The van der Waals surface area contributed by atoms with Gasteiger partial charge in [0.1, 0.15) is 11.9 Å². The molecule has 2 aliphatic heterocycles. The van der Waals surface area contributed by atoms with Crippen molar-refractivity contribution in [2.24, 2.45) is 11.7 Å². The van der Waals surface area contributed by atoms with Crippen LogP contribution >= 0.6 is 0 Å². The lowest BCUT2D eigenvalue weighted by atomic mass is 9.98. The Hall–Kier alpha value is -3.13. The molecule has 0 bridgehead atoms. The Kier molecular flexibility index (Phi) is 9.03. The van der Waals surface area contributed by atoms with Crippen LogP contribution in [0, 0.1) is 5.92 Å². The lowest BCUT2D eigenvalue weighted by molar-refractivity contribution is -0.131. The van der Waals surface area contributed by atoms with Crippen molar-refractivity contribution in [1.82, 2.24) is 9.80 Å². The molecular formula is C29H38FN3O4. The summed E-state index contributed by atoms with van der Waals surface area (Å²) >= 11 is 0. The molecule has 200 valence electrons. The highest BCUT2D eigenvalue weighted by molar-refractivity contribution is 5.82. The molecule has 2 heterocycles. The molecule has 2 aromatic carbocycles. The number of hydrogen-bond acceptors (Lipinski definition) is 5. The van der Waals surface area contributed by atoms with Gasteiger partial charge in [0.25, 0.3) is 0 Å².